The average Bonchev–Trinajstić information content (AvgIpc) is 2.55. The van der Waals surface area contributed by atoms with E-state index in [1.54, 1.807) is 0 Å². The zero-order chi connectivity index (χ0) is 16.2. The van der Waals surface area contributed by atoms with Gasteiger partial charge in [-0.2, -0.15) is 0 Å². The largest absolute Gasteiger partial charge is 0.382 e. The van der Waals surface area contributed by atoms with E-state index in [-0.39, 0.29) is 36.8 Å². The van der Waals surface area contributed by atoms with Gasteiger partial charge in [0.15, 0.2) is 0 Å². The van der Waals surface area contributed by atoms with Gasteiger partial charge in [0.2, 0.25) is 5.91 Å². The molecule has 0 spiro atoms. The number of likely N-dealkylation sites (tertiary alicyclic amines) is 1. The molecular weight excluding hydrogens is 357 g/mol. The number of benzene rings is 1. The number of nitrogens with zero attached hydrogens (tertiary/aromatic N) is 1. The minimum Gasteiger partial charge on any atom is -0.382 e. The molecule has 2 aliphatic rings. The van der Waals surface area contributed by atoms with Crippen LogP contribution < -0.4 is 11.1 Å². The van der Waals surface area contributed by atoms with Crippen LogP contribution in [0.25, 0.3) is 0 Å². The molecule has 0 aromatic heterocycles. The first-order chi connectivity index (χ1) is 11.1. The molecule has 2 atom stereocenters. The molecule has 3 rings (SSSR count). The maximum absolute atomic E-state index is 12.7. The fourth-order valence-electron chi connectivity index (χ4n) is 3.92. The maximum Gasteiger partial charge on any atom is 0.225 e. The Bertz CT molecular complexity index is 547. The molecule has 1 aromatic carbocycles. The number of nitrogens with two attached hydrogens (primary N) is 1. The van der Waals surface area contributed by atoms with Crippen molar-refractivity contribution in [1.29, 1.82) is 0 Å². The molecule has 6 heteroatoms. The fraction of sp³-hybridized carbons (Fsp3) is 0.632. The molecular formula is C19H31Cl2N3O. The van der Waals surface area contributed by atoms with Crippen LogP contribution in [0.1, 0.15) is 44.1 Å². The molecule has 0 bridgehead atoms. The summed E-state index contributed by atoms with van der Waals surface area (Å²) in [6.45, 7) is 3.85. The van der Waals surface area contributed by atoms with Crippen LogP contribution >= 0.6 is 24.8 Å². The maximum atomic E-state index is 12.7. The summed E-state index contributed by atoms with van der Waals surface area (Å²) in [6, 6.07) is 9.19. The van der Waals surface area contributed by atoms with Crippen molar-refractivity contribution in [1.82, 2.24) is 4.90 Å². The minimum atomic E-state index is 0. The van der Waals surface area contributed by atoms with Gasteiger partial charge >= 0.3 is 0 Å². The highest BCUT2D eigenvalue weighted by molar-refractivity contribution is 5.85. The van der Waals surface area contributed by atoms with Crippen molar-refractivity contribution in [2.45, 2.75) is 57.5 Å². The summed E-state index contributed by atoms with van der Waals surface area (Å²) in [7, 11) is 0. The molecule has 1 aromatic rings. The van der Waals surface area contributed by atoms with Crippen molar-refractivity contribution in [2.75, 3.05) is 18.4 Å². The van der Waals surface area contributed by atoms with E-state index in [9.17, 15) is 4.79 Å². The lowest BCUT2D eigenvalue weighted by molar-refractivity contribution is -0.137. The Kier molecular flexibility index (Phi) is 9.04. The Labute approximate surface area is 163 Å². The molecule has 1 aliphatic heterocycles. The van der Waals surface area contributed by atoms with E-state index in [0.29, 0.717) is 11.9 Å². The predicted octanol–water partition coefficient (Wildman–Crippen LogP) is 3.76. The lowest BCUT2D eigenvalue weighted by atomic mass is 9.85. The number of anilines is 1. The zero-order valence-corrected chi connectivity index (χ0v) is 16.6. The topological polar surface area (TPSA) is 58.4 Å². The second-order valence-corrected chi connectivity index (χ2v) is 7.24. The molecule has 25 heavy (non-hydrogen) atoms. The fourth-order valence-corrected chi connectivity index (χ4v) is 3.92. The van der Waals surface area contributed by atoms with Gasteiger partial charge in [-0.25, -0.2) is 0 Å². The van der Waals surface area contributed by atoms with Crippen molar-refractivity contribution >= 4 is 36.4 Å². The summed E-state index contributed by atoms with van der Waals surface area (Å²) in [5, 5.41) is 3.61. The van der Waals surface area contributed by atoms with Crippen LogP contribution in [-0.4, -0.2) is 36.0 Å². The van der Waals surface area contributed by atoms with Crippen molar-refractivity contribution in [3.05, 3.63) is 29.8 Å². The summed E-state index contributed by atoms with van der Waals surface area (Å²) in [5.74, 6) is 0.509. The molecule has 0 radical (unpaired) electrons. The van der Waals surface area contributed by atoms with Crippen molar-refractivity contribution in [3.8, 4) is 0 Å². The molecule has 1 aliphatic carbocycles. The van der Waals surface area contributed by atoms with E-state index >= 15 is 0 Å². The molecule has 2 fully saturated rings. The van der Waals surface area contributed by atoms with Crippen LogP contribution in [0.15, 0.2) is 24.3 Å². The Morgan fingerprint density at radius 3 is 2.52 bits per heavy atom. The molecule has 3 N–H and O–H groups in total. The van der Waals surface area contributed by atoms with Crippen molar-refractivity contribution in [2.24, 2.45) is 11.7 Å². The van der Waals surface area contributed by atoms with Crippen LogP contribution in [0.3, 0.4) is 0 Å². The monoisotopic (exact) mass is 387 g/mol. The Hall–Kier alpha value is -0.970. The quantitative estimate of drug-likeness (QED) is 0.829. The summed E-state index contributed by atoms with van der Waals surface area (Å²) < 4.78 is 0. The lowest BCUT2D eigenvalue weighted by Gasteiger charge is -2.36. The molecule has 142 valence electrons. The Balaban J connectivity index is 0.00000156. The smallest absolute Gasteiger partial charge is 0.225 e. The summed E-state index contributed by atoms with van der Waals surface area (Å²) in [5.41, 5.74) is 8.49. The van der Waals surface area contributed by atoms with Gasteiger partial charge in [-0.1, -0.05) is 18.6 Å². The number of hydrogen-bond acceptors (Lipinski definition) is 3. The third-order valence-corrected chi connectivity index (χ3v) is 5.26. The van der Waals surface area contributed by atoms with Gasteiger partial charge in [0.1, 0.15) is 0 Å². The van der Waals surface area contributed by atoms with E-state index in [4.69, 9.17) is 5.73 Å². The number of carbonyl (C=O) groups is 1. The van der Waals surface area contributed by atoms with Gasteiger partial charge in [0.05, 0.1) is 0 Å². The number of piperidine rings is 1. The van der Waals surface area contributed by atoms with E-state index in [1.807, 2.05) is 0 Å². The summed E-state index contributed by atoms with van der Waals surface area (Å²) in [6.07, 6.45) is 6.13. The van der Waals surface area contributed by atoms with Gasteiger partial charge < -0.3 is 16.0 Å². The molecule has 1 amide bonds. The zero-order valence-electron chi connectivity index (χ0n) is 14.9. The molecule has 1 heterocycles. The number of amides is 1. The van der Waals surface area contributed by atoms with Crippen LogP contribution in [0.5, 0.6) is 0 Å². The van der Waals surface area contributed by atoms with Gasteiger partial charge in [0.25, 0.3) is 0 Å². The highest BCUT2D eigenvalue weighted by atomic mass is 35.5. The Morgan fingerprint density at radius 1 is 1.16 bits per heavy atom. The third kappa shape index (κ3) is 6.05. The van der Waals surface area contributed by atoms with Crippen molar-refractivity contribution < 1.29 is 4.79 Å². The first kappa shape index (κ1) is 22.1. The van der Waals surface area contributed by atoms with Crippen molar-refractivity contribution in [3.63, 3.8) is 0 Å². The highest BCUT2D eigenvalue weighted by Gasteiger charge is 2.31. The minimum absolute atomic E-state index is 0. The van der Waals surface area contributed by atoms with Gasteiger partial charge in [-0.3, -0.25) is 4.79 Å². The molecule has 1 saturated heterocycles. The van der Waals surface area contributed by atoms with Crippen LogP contribution in [0, 0.1) is 12.8 Å². The standard InChI is InChI=1S/C19H29N3O.2ClH/c1-14-4-2-7-18(12-14)21-17-8-10-22(11-9-17)19(23)15-5-3-6-16(20)13-15;;/h2,4,7,12,15-17,21H,3,5-6,8-11,13,20H2,1H3;2*1H. The number of aryl methyl sites for hydroxylation is 1. The van der Waals surface area contributed by atoms with E-state index in [1.165, 1.54) is 11.3 Å². The van der Waals surface area contributed by atoms with Gasteiger partial charge in [-0.05, 0) is 56.7 Å². The SMILES string of the molecule is Cc1cccc(NC2CCN(C(=O)C3CCCC(N)C3)CC2)c1.Cl.Cl. The second-order valence-electron chi connectivity index (χ2n) is 7.24. The number of hydrogen-bond donors (Lipinski definition) is 2. The summed E-state index contributed by atoms with van der Waals surface area (Å²) >= 11 is 0. The van der Waals surface area contributed by atoms with Crippen LogP contribution in [0.4, 0.5) is 5.69 Å². The van der Waals surface area contributed by atoms with Gasteiger partial charge in [-0.15, -0.1) is 24.8 Å². The summed E-state index contributed by atoms with van der Waals surface area (Å²) in [4.78, 5) is 14.7. The third-order valence-electron chi connectivity index (χ3n) is 5.26. The molecule has 4 nitrogen and oxygen atoms in total. The highest BCUT2D eigenvalue weighted by Crippen LogP contribution is 2.26. The number of rotatable bonds is 3. The van der Waals surface area contributed by atoms with Gasteiger partial charge in [0, 0.05) is 36.8 Å². The number of nitrogens with one attached hydrogen (secondary N) is 1. The first-order valence-electron chi connectivity index (χ1n) is 8.99. The Morgan fingerprint density at radius 2 is 1.88 bits per heavy atom. The number of halogens is 2. The molecule has 2 unspecified atom stereocenters. The first-order valence-corrected chi connectivity index (χ1v) is 8.99. The lowest BCUT2D eigenvalue weighted by Crippen LogP contribution is -2.46. The normalized spacial score (nSPS) is 24.0. The van der Waals surface area contributed by atoms with E-state index in [0.717, 1.165) is 51.6 Å². The van der Waals surface area contributed by atoms with Crippen LogP contribution in [0.2, 0.25) is 0 Å². The second kappa shape index (κ2) is 10.2. The molecule has 1 saturated carbocycles. The van der Waals surface area contributed by atoms with E-state index in [2.05, 4.69) is 41.4 Å². The van der Waals surface area contributed by atoms with E-state index < -0.39 is 0 Å². The average molecular weight is 388 g/mol. The van der Waals surface area contributed by atoms with Crippen LogP contribution in [-0.2, 0) is 4.79 Å². The predicted molar refractivity (Wildman–Crippen MR) is 109 cm³/mol. The number of carbonyl (C=O) groups excluding carboxylic acids is 1.